The summed E-state index contributed by atoms with van der Waals surface area (Å²) in [6, 6.07) is 21.4. The van der Waals surface area contributed by atoms with Crippen molar-refractivity contribution < 1.29 is 23.8 Å². The Hall–Kier alpha value is -5.81. The minimum absolute atomic E-state index is 0.246. The van der Waals surface area contributed by atoms with Crippen molar-refractivity contribution in [1.29, 1.82) is 0 Å². The normalized spacial score (nSPS) is 14.3. The van der Waals surface area contributed by atoms with E-state index >= 15 is 0 Å². The van der Waals surface area contributed by atoms with Gasteiger partial charge in [0.25, 0.3) is 5.56 Å². The Kier molecular flexibility index (Phi) is 9.78. The fourth-order valence-electron chi connectivity index (χ4n) is 5.77. The van der Waals surface area contributed by atoms with E-state index in [-0.39, 0.29) is 17.2 Å². The molecule has 0 spiro atoms. The van der Waals surface area contributed by atoms with Crippen LogP contribution in [0.25, 0.3) is 23.0 Å². The predicted octanol–water partition coefficient (Wildman–Crippen LogP) is 5.70. The van der Waals surface area contributed by atoms with Gasteiger partial charge >= 0.3 is 11.9 Å². The van der Waals surface area contributed by atoms with Crippen molar-refractivity contribution >= 4 is 29.4 Å². The van der Waals surface area contributed by atoms with Gasteiger partial charge in [0.15, 0.2) is 4.80 Å². The average Bonchev–Trinajstić information content (AvgIpc) is 3.67. The first-order valence-electron chi connectivity index (χ1n) is 16.0. The van der Waals surface area contributed by atoms with Crippen LogP contribution in [-0.2, 0) is 14.3 Å². The molecule has 0 fully saturated rings. The molecule has 3 heterocycles. The van der Waals surface area contributed by atoms with E-state index in [1.807, 2.05) is 67.7 Å². The van der Waals surface area contributed by atoms with Gasteiger partial charge in [-0.2, -0.15) is 5.10 Å². The first-order valence-corrected chi connectivity index (χ1v) is 16.8. The van der Waals surface area contributed by atoms with Crippen molar-refractivity contribution in [3.05, 3.63) is 145 Å². The molecule has 0 N–H and O–H groups in total. The van der Waals surface area contributed by atoms with Crippen LogP contribution >= 0.6 is 11.3 Å². The van der Waals surface area contributed by atoms with Gasteiger partial charge in [0, 0.05) is 17.3 Å². The van der Waals surface area contributed by atoms with E-state index in [4.69, 9.17) is 24.3 Å². The van der Waals surface area contributed by atoms with Crippen LogP contribution in [-0.4, -0.2) is 46.1 Å². The minimum atomic E-state index is -0.844. The molecular weight excluding hydrogens is 653 g/mol. The number of allylic oxidation sites excluding steroid dienone is 1. The highest BCUT2D eigenvalue weighted by Crippen LogP contribution is 2.32. The Balaban J connectivity index is 1.53. The van der Waals surface area contributed by atoms with Crippen LogP contribution in [0.15, 0.2) is 113 Å². The molecule has 1 atom stereocenters. The van der Waals surface area contributed by atoms with Gasteiger partial charge < -0.3 is 14.2 Å². The highest BCUT2D eigenvalue weighted by Gasteiger charge is 2.34. The maximum atomic E-state index is 14.4. The second-order valence-corrected chi connectivity index (χ2v) is 13.0. The van der Waals surface area contributed by atoms with E-state index in [1.165, 1.54) is 23.0 Å². The zero-order valence-electron chi connectivity index (χ0n) is 28.4. The van der Waals surface area contributed by atoms with E-state index in [1.54, 1.807) is 55.8 Å². The number of hydrogen-bond acceptors (Lipinski definition) is 9. The first-order chi connectivity index (χ1) is 24.1. The minimum Gasteiger partial charge on any atom is -0.489 e. The molecule has 50 heavy (non-hydrogen) atoms. The number of carbonyl (C=O) groups is 2. The lowest BCUT2D eigenvalue weighted by Gasteiger charge is -2.25. The van der Waals surface area contributed by atoms with Gasteiger partial charge in [-0.3, -0.25) is 9.36 Å². The maximum Gasteiger partial charge on any atom is 0.338 e. The third-order valence-electron chi connectivity index (χ3n) is 8.09. The molecule has 0 saturated heterocycles. The van der Waals surface area contributed by atoms with Crippen molar-refractivity contribution in [2.75, 3.05) is 13.7 Å². The summed E-state index contributed by atoms with van der Waals surface area (Å²) in [5.41, 5.74) is 5.33. The molecule has 0 saturated carbocycles. The van der Waals surface area contributed by atoms with Crippen molar-refractivity contribution in [3.63, 3.8) is 0 Å². The van der Waals surface area contributed by atoms with Crippen LogP contribution in [0.5, 0.6) is 5.75 Å². The first kappa shape index (κ1) is 34.1. The average molecular weight is 689 g/mol. The molecule has 0 aliphatic carbocycles. The molecule has 3 aromatic carbocycles. The fraction of sp³-hybridized carbons (Fsp3) is 0.205. The van der Waals surface area contributed by atoms with Gasteiger partial charge in [0.2, 0.25) is 0 Å². The Bertz CT molecular complexity index is 2310. The molecule has 5 aromatic rings. The second-order valence-electron chi connectivity index (χ2n) is 11.9. The maximum absolute atomic E-state index is 14.4. The third-order valence-corrected chi connectivity index (χ3v) is 9.07. The second kappa shape index (κ2) is 14.4. The molecule has 1 unspecified atom stereocenters. The quantitative estimate of drug-likeness (QED) is 0.137. The van der Waals surface area contributed by atoms with Crippen molar-refractivity contribution in [1.82, 2.24) is 14.3 Å². The number of carbonyl (C=O) groups excluding carboxylic acids is 2. The van der Waals surface area contributed by atoms with Gasteiger partial charge in [-0.1, -0.05) is 54.3 Å². The lowest BCUT2D eigenvalue weighted by molar-refractivity contribution is -0.143. The summed E-state index contributed by atoms with van der Waals surface area (Å²) in [6.07, 6.45) is 5.01. The number of rotatable bonds is 10. The van der Waals surface area contributed by atoms with E-state index in [2.05, 4.69) is 6.58 Å². The number of thiazole rings is 1. The smallest absolute Gasteiger partial charge is 0.338 e. The van der Waals surface area contributed by atoms with Crippen LogP contribution in [0.1, 0.15) is 53.9 Å². The highest BCUT2D eigenvalue weighted by atomic mass is 32.1. The Morgan fingerprint density at radius 3 is 2.42 bits per heavy atom. The molecule has 2 aromatic heterocycles. The number of ether oxygens (including phenoxy) is 3. The van der Waals surface area contributed by atoms with Crippen LogP contribution < -0.4 is 19.6 Å². The number of methoxy groups -OCH3 is 1. The summed E-state index contributed by atoms with van der Waals surface area (Å²) in [5.74, 6) is -0.319. The predicted molar refractivity (Wildman–Crippen MR) is 192 cm³/mol. The molecular formula is C39H36N4O6S. The van der Waals surface area contributed by atoms with E-state index in [0.29, 0.717) is 44.0 Å². The monoisotopic (exact) mass is 688 g/mol. The van der Waals surface area contributed by atoms with Crippen molar-refractivity contribution in [2.24, 2.45) is 4.99 Å². The van der Waals surface area contributed by atoms with Gasteiger partial charge in [-0.05, 0) is 87.4 Å². The molecule has 0 amide bonds. The van der Waals surface area contributed by atoms with Crippen molar-refractivity contribution in [2.45, 2.75) is 39.8 Å². The van der Waals surface area contributed by atoms with E-state index in [0.717, 1.165) is 22.6 Å². The zero-order chi connectivity index (χ0) is 35.5. The topological polar surface area (TPSA) is 114 Å². The number of esters is 2. The summed E-state index contributed by atoms with van der Waals surface area (Å²) in [6.45, 7) is 11.3. The number of fused-ring (bicyclic) bond motifs is 1. The van der Waals surface area contributed by atoms with Crippen LogP contribution in [0.3, 0.4) is 0 Å². The summed E-state index contributed by atoms with van der Waals surface area (Å²) in [4.78, 5) is 45.3. The van der Waals surface area contributed by atoms with Gasteiger partial charge in [-0.25, -0.2) is 19.3 Å². The summed E-state index contributed by atoms with van der Waals surface area (Å²) in [5, 5.41) is 4.95. The number of aromatic nitrogens is 3. The molecule has 254 valence electrons. The molecule has 0 bridgehead atoms. The number of hydrogen-bond donors (Lipinski definition) is 0. The van der Waals surface area contributed by atoms with Crippen LogP contribution in [0.2, 0.25) is 0 Å². The van der Waals surface area contributed by atoms with Gasteiger partial charge in [-0.15, -0.1) is 0 Å². The summed E-state index contributed by atoms with van der Waals surface area (Å²) >= 11 is 1.22. The van der Waals surface area contributed by atoms with E-state index < -0.39 is 18.0 Å². The molecule has 11 heteroatoms. The summed E-state index contributed by atoms with van der Waals surface area (Å²) < 4.78 is 20.0. The van der Waals surface area contributed by atoms with Crippen LogP contribution in [0, 0.1) is 6.92 Å². The van der Waals surface area contributed by atoms with Gasteiger partial charge in [0.05, 0.1) is 46.3 Å². The van der Waals surface area contributed by atoms with E-state index in [9.17, 15) is 14.4 Å². The molecule has 6 rings (SSSR count). The standard InChI is InChI=1S/C39H36N4O6S/c1-7-19-48-31-18-17-28(20-24(31)4)34-29(22-42(41-34)30-11-9-8-10-12-30)21-32-36(44)43-35(26-13-15-27(16-14-26)37(45)47-6)33(38(46)49-23(2)3)25(5)40-39(43)50-32/h7-18,20-23,35H,1,19H2,2-6H3. The third kappa shape index (κ3) is 6.72. The Morgan fingerprint density at radius 1 is 1.02 bits per heavy atom. The number of nitrogens with zero attached hydrogens (tertiary/aromatic N) is 4. The number of benzene rings is 3. The molecule has 1 aliphatic rings. The number of para-hydroxylation sites is 1. The Morgan fingerprint density at radius 2 is 1.76 bits per heavy atom. The molecule has 10 nitrogen and oxygen atoms in total. The zero-order valence-corrected chi connectivity index (χ0v) is 29.2. The SMILES string of the molecule is C=CCOc1ccc(-c2nn(-c3ccccc3)cc2C=c2sc3n(c2=O)C(c2ccc(C(=O)OC)cc2)C(C(=O)OC(C)C)=C(C)N=3)cc1C. The fourth-order valence-corrected chi connectivity index (χ4v) is 6.81. The van der Waals surface area contributed by atoms with Gasteiger partial charge in [0.1, 0.15) is 18.1 Å². The largest absolute Gasteiger partial charge is 0.489 e. The van der Waals surface area contributed by atoms with Crippen LogP contribution in [0.4, 0.5) is 0 Å². The lowest BCUT2D eigenvalue weighted by Crippen LogP contribution is -2.40. The summed E-state index contributed by atoms with van der Waals surface area (Å²) in [7, 11) is 1.31. The number of aryl methyl sites for hydroxylation is 1. The van der Waals surface area contributed by atoms with Crippen molar-refractivity contribution in [3.8, 4) is 22.7 Å². The molecule has 0 radical (unpaired) electrons. The molecule has 1 aliphatic heterocycles. The highest BCUT2D eigenvalue weighted by molar-refractivity contribution is 7.07. The lowest BCUT2D eigenvalue weighted by atomic mass is 9.95. The Labute approximate surface area is 292 Å².